The number of pyridine rings is 2. The maximum atomic E-state index is 11.4. The van der Waals surface area contributed by atoms with Crippen LogP contribution in [0.1, 0.15) is 0 Å². The van der Waals surface area contributed by atoms with E-state index in [1.165, 1.54) is 21.5 Å². The molecule has 70 valence electrons. The van der Waals surface area contributed by atoms with Crippen LogP contribution in [-0.2, 0) is 0 Å². The average Bonchev–Trinajstić information content (AvgIpc) is 2.20. The van der Waals surface area contributed by atoms with Gasteiger partial charge in [0.25, 0.3) is 11.1 Å². The van der Waals surface area contributed by atoms with Gasteiger partial charge in [-0.25, -0.2) is 9.35 Å². The van der Waals surface area contributed by atoms with Crippen molar-refractivity contribution >= 4 is 0 Å². The molecular formula is C10H8N2O2. The number of rotatable bonds is 1. The summed E-state index contributed by atoms with van der Waals surface area (Å²) in [6.45, 7) is 0. The molecule has 2 rings (SSSR count). The van der Waals surface area contributed by atoms with Gasteiger partial charge < -0.3 is 0 Å². The summed E-state index contributed by atoms with van der Waals surface area (Å²) in [6, 6.07) is 9.46. The van der Waals surface area contributed by atoms with Crippen LogP contribution in [0.25, 0.3) is 0 Å². The second kappa shape index (κ2) is 3.33. The van der Waals surface area contributed by atoms with Crippen molar-refractivity contribution in [1.82, 2.24) is 9.35 Å². The van der Waals surface area contributed by atoms with Crippen LogP contribution in [-0.4, -0.2) is 9.35 Å². The quantitative estimate of drug-likeness (QED) is 0.647. The third-order valence-electron chi connectivity index (χ3n) is 1.84. The summed E-state index contributed by atoms with van der Waals surface area (Å²) in [5.74, 6) is 0. The van der Waals surface area contributed by atoms with Crippen LogP contribution in [0, 0.1) is 0 Å². The van der Waals surface area contributed by atoms with E-state index in [-0.39, 0.29) is 11.1 Å². The Morgan fingerprint density at radius 3 is 1.50 bits per heavy atom. The van der Waals surface area contributed by atoms with Crippen molar-refractivity contribution in [3.63, 3.8) is 0 Å². The van der Waals surface area contributed by atoms with E-state index in [2.05, 4.69) is 0 Å². The number of hydrogen-bond acceptors (Lipinski definition) is 2. The molecule has 0 bridgehead atoms. The highest BCUT2D eigenvalue weighted by molar-refractivity contribution is 4.98. The van der Waals surface area contributed by atoms with Crippen molar-refractivity contribution < 1.29 is 0 Å². The molecule has 0 amide bonds. The Bertz CT molecular complexity index is 503. The molecule has 0 aliphatic carbocycles. The highest BCUT2D eigenvalue weighted by Gasteiger charge is 1.96. The zero-order chi connectivity index (χ0) is 9.97. The molecule has 2 heterocycles. The second-order valence-corrected chi connectivity index (χ2v) is 2.77. The third-order valence-corrected chi connectivity index (χ3v) is 1.84. The van der Waals surface area contributed by atoms with Gasteiger partial charge in [0, 0.05) is 24.5 Å². The largest absolute Gasteiger partial charge is 0.269 e. The molecule has 0 fully saturated rings. The first kappa shape index (κ1) is 8.50. The molecule has 0 saturated carbocycles. The van der Waals surface area contributed by atoms with Gasteiger partial charge in [0.2, 0.25) is 0 Å². The summed E-state index contributed by atoms with van der Waals surface area (Å²) in [5.41, 5.74) is -0.471. The Hall–Kier alpha value is -2.10. The van der Waals surface area contributed by atoms with Crippen LogP contribution >= 0.6 is 0 Å². The number of aromatic nitrogens is 2. The fourth-order valence-electron chi connectivity index (χ4n) is 1.19. The number of nitrogens with zero attached hydrogens (tertiary/aromatic N) is 2. The minimum atomic E-state index is -0.235. The van der Waals surface area contributed by atoms with Crippen LogP contribution < -0.4 is 11.1 Å². The minimum absolute atomic E-state index is 0.235. The van der Waals surface area contributed by atoms with E-state index in [1.807, 2.05) is 0 Å². The van der Waals surface area contributed by atoms with Gasteiger partial charge in [-0.2, -0.15) is 0 Å². The molecular weight excluding hydrogens is 180 g/mol. The third kappa shape index (κ3) is 1.37. The molecule has 14 heavy (non-hydrogen) atoms. The minimum Gasteiger partial charge on any atom is -0.267 e. The second-order valence-electron chi connectivity index (χ2n) is 2.77. The molecule has 0 atom stereocenters. The maximum Gasteiger partial charge on any atom is 0.269 e. The molecule has 4 nitrogen and oxygen atoms in total. The SMILES string of the molecule is O=c1ccccn1-n1ccccc1=O. The summed E-state index contributed by atoms with van der Waals surface area (Å²) in [7, 11) is 0. The lowest BCUT2D eigenvalue weighted by atomic mass is 10.5. The zero-order valence-corrected chi connectivity index (χ0v) is 7.33. The van der Waals surface area contributed by atoms with Crippen LogP contribution in [0.5, 0.6) is 0 Å². The van der Waals surface area contributed by atoms with Gasteiger partial charge in [-0.3, -0.25) is 9.59 Å². The summed E-state index contributed by atoms with van der Waals surface area (Å²) >= 11 is 0. The predicted molar refractivity (Wildman–Crippen MR) is 52.2 cm³/mol. The Kier molecular flexibility index (Phi) is 2.02. The van der Waals surface area contributed by atoms with Crippen molar-refractivity contribution in [2.24, 2.45) is 0 Å². The van der Waals surface area contributed by atoms with Crippen molar-refractivity contribution in [2.45, 2.75) is 0 Å². The van der Waals surface area contributed by atoms with E-state index in [0.29, 0.717) is 0 Å². The molecule has 0 aliphatic heterocycles. The average molecular weight is 188 g/mol. The van der Waals surface area contributed by atoms with E-state index in [1.54, 1.807) is 36.7 Å². The first-order valence-corrected chi connectivity index (χ1v) is 4.15. The summed E-state index contributed by atoms with van der Waals surface area (Å²) in [4.78, 5) is 22.8. The fraction of sp³-hybridized carbons (Fsp3) is 0. The van der Waals surface area contributed by atoms with E-state index in [9.17, 15) is 9.59 Å². The first-order chi connectivity index (χ1) is 6.79. The Balaban J connectivity index is 2.74. The topological polar surface area (TPSA) is 44.0 Å². The van der Waals surface area contributed by atoms with E-state index < -0.39 is 0 Å². The van der Waals surface area contributed by atoms with E-state index in [4.69, 9.17) is 0 Å². The van der Waals surface area contributed by atoms with Crippen LogP contribution in [0.15, 0.2) is 58.4 Å². The van der Waals surface area contributed by atoms with Crippen LogP contribution in [0.3, 0.4) is 0 Å². The lowest BCUT2D eigenvalue weighted by Gasteiger charge is -2.06. The standard InChI is InChI=1S/C10H8N2O2/c13-9-5-1-3-7-11(9)12-8-4-2-6-10(12)14/h1-8H. The van der Waals surface area contributed by atoms with Gasteiger partial charge >= 0.3 is 0 Å². The molecule has 0 N–H and O–H groups in total. The van der Waals surface area contributed by atoms with Crippen molar-refractivity contribution in [2.75, 3.05) is 0 Å². The molecule has 0 aliphatic rings. The van der Waals surface area contributed by atoms with Gasteiger partial charge in [0.1, 0.15) is 0 Å². The van der Waals surface area contributed by atoms with Gasteiger partial charge in [-0.1, -0.05) is 12.1 Å². The normalized spacial score (nSPS) is 10.0. The molecule has 0 spiro atoms. The van der Waals surface area contributed by atoms with E-state index in [0.717, 1.165) is 0 Å². The highest BCUT2D eigenvalue weighted by Crippen LogP contribution is 1.83. The van der Waals surface area contributed by atoms with E-state index >= 15 is 0 Å². The van der Waals surface area contributed by atoms with Crippen molar-refractivity contribution in [1.29, 1.82) is 0 Å². The van der Waals surface area contributed by atoms with Crippen molar-refractivity contribution in [3.05, 3.63) is 69.5 Å². The molecule has 2 aromatic heterocycles. The monoisotopic (exact) mass is 188 g/mol. The lowest BCUT2D eigenvalue weighted by molar-refractivity contribution is 0.604. The van der Waals surface area contributed by atoms with Crippen LogP contribution in [0.4, 0.5) is 0 Å². The molecule has 4 heteroatoms. The summed E-state index contributed by atoms with van der Waals surface area (Å²) in [6.07, 6.45) is 3.09. The summed E-state index contributed by atoms with van der Waals surface area (Å²) < 4.78 is 2.50. The fourth-order valence-corrected chi connectivity index (χ4v) is 1.19. The lowest BCUT2D eigenvalue weighted by Crippen LogP contribution is -2.32. The molecule has 2 aromatic rings. The van der Waals surface area contributed by atoms with Gasteiger partial charge in [0.15, 0.2) is 0 Å². The molecule has 0 unspecified atom stereocenters. The Labute approximate surface area is 79.6 Å². The van der Waals surface area contributed by atoms with Crippen LogP contribution in [0.2, 0.25) is 0 Å². The molecule has 0 radical (unpaired) electrons. The molecule has 0 saturated heterocycles. The Morgan fingerprint density at radius 1 is 0.714 bits per heavy atom. The Morgan fingerprint density at radius 2 is 1.14 bits per heavy atom. The highest BCUT2D eigenvalue weighted by atomic mass is 16.2. The smallest absolute Gasteiger partial charge is 0.267 e. The first-order valence-electron chi connectivity index (χ1n) is 4.15. The number of hydrogen-bond donors (Lipinski definition) is 0. The predicted octanol–water partition coefficient (Wildman–Crippen LogP) is 0.321. The maximum absolute atomic E-state index is 11.4. The van der Waals surface area contributed by atoms with Crippen molar-refractivity contribution in [3.8, 4) is 0 Å². The van der Waals surface area contributed by atoms with Gasteiger partial charge in [-0.15, -0.1) is 0 Å². The summed E-state index contributed by atoms with van der Waals surface area (Å²) in [5, 5.41) is 0. The zero-order valence-electron chi connectivity index (χ0n) is 7.33. The van der Waals surface area contributed by atoms with Gasteiger partial charge in [0.05, 0.1) is 0 Å². The van der Waals surface area contributed by atoms with Gasteiger partial charge in [-0.05, 0) is 12.1 Å². The molecule has 0 aromatic carbocycles.